The van der Waals surface area contributed by atoms with Crippen LogP contribution in [0.3, 0.4) is 0 Å². The summed E-state index contributed by atoms with van der Waals surface area (Å²) in [4.78, 5) is 4.27. The summed E-state index contributed by atoms with van der Waals surface area (Å²) in [7, 11) is 0. The molecular weight excluding hydrogens is 266 g/mol. The molecule has 1 aromatic carbocycles. The van der Waals surface area contributed by atoms with Gasteiger partial charge in [-0.2, -0.15) is 5.26 Å². The van der Waals surface area contributed by atoms with E-state index in [1.807, 2.05) is 11.6 Å². The van der Waals surface area contributed by atoms with E-state index in [0.717, 1.165) is 23.7 Å². The van der Waals surface area contributed by atoms with Crippen molar-refractivity contribution < 1.29 is 0 Å². The molecule has 0 fully saturated rings. The van der Waals surface area contributed by atoms with Crippen LogP contribution in [0.1, 0.15) is 12.0 Å². The Morgan fingerprint density at radius 3 is 2.67 bits per heavy atom. The first kappa shape index (κ1) is 14.7. The number of nitrogens with one attached hydrogen (secondary N) is 1. The number of halogens is 1. The summed E-state index contributed by atoms with van der Waals surface area (Å²) in [5.74, 6) is 0. The Morgan fingerprint density at radius 2 is 2.06 bits per heavy atom. The maximum absolute atomic E-state index is 8.41. The minimum Gasteiger partial charge on any atom is -0.312 e. The van der Waals surface area contributed by atoms with Crippen molar-refractivity contribution in [1.82, 2.24) is 10.3 Å². The van der Waals surface area contributed by atoms with E-state index in [1.165, 1.54) is 5.56 Å². The molecule has 0 aliphatic carbocycles. The van der Waals surface area contributed by atoms with Crippen LogP contribution >= 0.6 is 23.7 Å². The van der Waals surface area contributed by atoms with Crippen molar-refractivity contribution in [2.75, 3.05) is 6.54 Å². The topological polar surface area (TPSA) is 48.7 Å². The molecule has 94 valence electrons. The molecule has 0 amide bonds. The molecule has 2 aromatic rings. The van der Waals surface area contributed by atoms with Crippen LogP contribution in [0, 0.1) is 11.3 Å². The second kappa shape index (κ2) is 7.83. The van der Waals surface area contributed by atoms with Gasteiger partial charge in [-0.05, 0) is 5.56 Å². The van der Waals surface area contributed by atoms with Gasteiger partial charge in [0.2, 0.25) is 0 Å². The number of hydrogen-bond acceptors (Lipinski definition) is 4. The van der Waals surface area contributed by atoms with Crippen LogP contribution in [-0.2, 0) is 6.54 Å². The maximum atomic E-state index is 8.41. The molecule has 18 heavy (non-hydrogen) atoms. The molecule has 0 radical (unpaired) electrons. The number of nitriles is 1. The maximum Gasteiger partial charge on any atom is 0.123 e. The minimum atomic E-state index is 0. The highest BCUT2D eigenvalue weighted by Crippen LogP contribution is 2.21. The monoisotopic (exact) mass is 279 g/mol. The van der Waals surface area contributed by atoms with Crippen molar-refractivity contribution in [2.24, 2.45) is 0 Å². The van der Waals surface area contributed by atoms with E-state index >= 15 is 0 Å². The molecule has 1 heterocycles. The van der Waals surface area contributed by atoms with E-state index < -0.39 is 0 Å². The third-order valence-corrected chi connectivity index (χ3v) is 3.20. The number of hydrogen-bond donors (Lipinski definition) is 1. The van der Waals surface area contributed by atoms with Crippen LogP contribution in [0.15, 0.2) is 35.8 Å². The van der Waals surface area contributed by atoms with Gasteiger partial charge in [0.25, 0.3) is 0 Å². The van der Waals surface area contributed by atoms with Gasteiger partial charge in [-0.1, -0.05) is 24.3 Å². The van der Waals surface area contributed by atoms with Crippen molar-refractivity contribution in [2.45, 2.75) is 13.0 Å². The Hall–Kier alpha value is -1.41. The Morgan fingerprint density at radius 1 is 1.28 bits per heavy atom. The van der Waals surface area contributed by atoms with E-state index in [-0.39, 0.29) is 12.4 Å². The van der Waals surface area contributed by atoms with Crippen LogP contribution < -0.4 is 5.32 Å². The first-order valence-corrected chi connectivity index (χ1v) is 6.34. The normalized spacial score (nSPS) is 9.50. The molecule has 0 aliphatic heterocycles. The van der Waals surface area contributed by atoms with Crippen LogP contribution in [0.2, 0.25) is 0 Å². The molecule has 3 nitrogen and oxygen atoms in total. The molecule has 1 aromatic heterocycles. The third kappa shape index (κ3) is 4.11. The van der Waals surface area contributed by atoms with Crippen LogP contribution in [0.4, 0.5) is 0 Å². The summed E-state index contributed by atoms with van der Waals surface area (Å²) in [6.45, 7) is 1.55. The third-order valence-electron chi connectivity index (χ3n) is 2.38. The van der Waals surface area contributed by atoms with Crippen molar-refractivity contribution in [3.05, 3.63) is 41.4 Å². The van der Waals surface area contributed by atoms with E-state index in [0.29, 0.717) is 6.42 Å². The number of nitrogens with zero attached hydrogens (tertiary/aromatic N) is 2. The van der Waals surface area contributed by atoms with Gasteiger partial charge >= 0.3 is 0 Å². The highest BCUT2D eigenvalue weighted by atomic mass is 35.5. The molecule has 1 N–H and O–H groups in total. The predicted molar refractivity (Wildman–Crippen MR) is 76.7 cm³/mol. The summed E-state index contributed by atoms with van der Waals surface area (Å²) in [5.41, 5.74) is 2.38. The fourth-order valence-corrected chi connectivity index (χ4v) is 2.15. The summed E-state index contributed by atoms with van der Waals surface area (Å²) in [6.07, 6.45) is 2.37. The zero-order valence-electron chi connectivity index (χ0n) is 9.80. The average molecular weight is 280 g/mol. The highest BCUT2D eigenvalue weighted by Gasteiger charge is 1.99. The lowest BCUT2D eigenvalue weighted by molar-refractivity contribution is 0.699. The van der Waals surface area contributed by atoms with Gasteiger partial charge in [-0.25, -0.2) is 4.98 Å². The summed E-state index contributed by atoms with van der Waals surface area (Å²) in [5, 5.41) is 14.7. The molecule has 5 heteroatoms. The molecule has 0 saturated carbocycles. The lowest BCUT2D eigenvalue weighted by atomic mass is 10.1. The van der Waals surface area contributed by atoms with Crippen molar-refractivity contribution in [3.63, 3.8) is 0 Å². The molecule has 0 aliphatic rings. The standard InChI is InChI=1S/C13H13N3S.ClH/c14-6-1-7-15-10-11-2-4-12(5-3-11)13-16-8-9-17-13;/h2-5,8-9,15H,1,7,10H2;1H. The number of rotatable bonds is 5. The largest absolute Gasteiger partial charge is 0.312 e. The van der Waals surface area contributed by atoms with Crippen LogP contribution in [0.25, 0.3) is 10.6 Å². The average Bonchev–Trinajstić information content (AvgIpc) is 2.89. The highest BCUT2D eigenvalue weighted by molar-refractivity contribution is 7.13. The molecule has 2 rings (SSSR count). The first-order chi connectivity index (χ1) is 8.40. The fraction of sp³-hybridized carbons (Fsp3) is 0.231. The van der Waals surface area contributed by atoms with E-state index in [1.54, 1.807) is 11.3 Å². The second-order valence-corrected chi connectivity index (χ2v) is 4.51. The van der Waals surface area contributed by atoms with Crippen molar-refractivity contribution in [1.29, 1.82) is 5.26 Å². The van der Waals surface area contributed by atoms with Gasteiger partial charge in [0.05, 0.1) is 6.07 Å². The van der Waals surface area contributed by atoms with Crippen molar-refractivity contribution in [3.8, 4) is 16.6 Å². The summed E-state index contributed by atoms with van der Waals surface area (Å²) < 4.78 is 0. The number of benzene rings is 1. The SMILES string of the molecule is Cl.N#CCCNCc1ccc(-c2nccs2)cc1. The minimum absolute atomic E-state index is 0. The quantitative estimate of drug-likeness (QED) is 0.855. The smallest absolute Gasteiger partial charge is 0.123 e. The second-order valence-electron chi connectivity index (χ2n) is 3.62. The van der Waals surface area contributed by atoms with Crippen molar-refractivity contribution >= 4 is 23.7 Å². The molecule has 0 atom stereocenters. The number of thiazole rings is 1. The van der Waals surface area contributed by atoms with Gasteiger partial charge in [0, 0.05) is 36.7 Å². The van der Waals surface area contributed by atoms with E-state index in [2.05, 4.69) is 40.6 Å². The van der Waals surface area contributed by atoms with Crippen LogP contribution in [0.5, 0.6) is 0 Å². The van der Waals surface area contributed by atoms with E-state index in [4.69, 9.17) is 5.26 Å². The zero-order valence-corrected chi connectivity index (χ0v) is 11.4. The fourth-order valence-electron chi connectivity index (χ4n) is 1.51. The summed E-state index contributed by atoms with van der Waals surface area (Å²) in [6, 6.07) is 10.5. The molecular formula is C13H14ClN3S. The van der Waals surface area contributed by atoms with Gasteiger partial charge < -0.3 is 5.32 Å². The van der Waals surface area contributed by atoms with Gasteiger partial charge in [-0.3, -0.25) is 0 Å². The lowest BCUT2D eigenvalue weighted by Gasteiger charge is -2.03. The molecule has 0 spiro atoms. The van der Waals surface area contributed by atoms with Gasteiger partial charge in [0.15, 0.2) is 0 Å². The predicted octanol–water partition coefficient (Wildman–Crippen LogP) is 3.24. The Bertz CT molecular complexity index is 488. The Balaban J connectivity index is 0.00000162. The Kier molecular flexibility index (Phi) is 6.37. The zero-order chi connectivity index (χ0) is 11.9. The summed E-state index contributed by atoms with van der Waals surface area (Å²) >= 11 is 1.64. The Labute approximate surface area is 117 Å². The van der Waals surface area contributed by atoms with Crippen LogP contribution in [-0.4, -0.2) is 11.5 Å². The first-order valence-electron chi connectivity index (χ1n) is 5.46. The van der Waals surface area contributed by atoms with E-state index in [9.17, 15) is 0 Å². The number of aromatic nitrogens is 1. The van der Waals surface area contributed by atoms with Gasteiger partial charge in [0.1, 0.15) is 5.01 Å². The molecule has 0 unspecified atom stereocenters. The molecule has 0 saturated heterocycles. The van der Waals surface area contributed by atoms with Gasteiger partial charge in [-0.15, -0.1) is 23.7 Å². The lowest BCUT2D eigenvalue weighted by Crippen LogP contribution is -2.13. The molecule has 0 bridgehead atoms.